The number of carboxylic acid groups (broad SMARTS) is 1. The molecule has 26 heavy (non-hydrogen) atoms. The van der Waals surface area contributed by atoms with Gasteiger partial charge < -0.3 is 10.1 Å². The van der Waals surface area contributed by atoms with Gasteiger partial charge in [-0.3, -0.25) is 9.78 Å². The molecule has 0 saturated heterocycles. The van der Waals surface area contributed by atoms with E-state index in [1.807, 2.05) is 48.5 Å². The van der Waals surface area contributed by atoms with Gasteiger partial charge in [-0.15, -0.1) is 12.4 Å². The Bertz CT molecular complexity index is 1120. The van der Waals surface area contributed by atoms with E-state index in [2.05, 4.69) is 15.0 Å². The molecule has 6 heteroatoms. The van der Waals surface area contributed by atoms with Gasteiger partial charge in [0.1, 0.15) is 17.3 Å². The monoisotopic (exact) mass is 363 g/mol. The number of nitrogens with one attached hydrogen (secondary N) is 1. The number of pyridine rings is 1. The van der Waals surface area contributed by atoms with Crippen LogP contribution in [0, 0.1) is 0 Å². The molecule has 0 bridgehead atoms. The fourth-order valence-electron chi connectivity index (χ4n) is 3.70. The van der Waals surface area contributed by atoms with Crippen molar-refractivity contribution < 1.29 is 9.90 Å². The lowest BCUT2D eigenvalue weighted by atomic mass is 9.96. The lowest BCUT2D eigenvalue weighted by Crippen LogP contribution is -2.09. The van der Waals surface area contributed by atoms with Crippen LogP contribution in [-0.2, 0) is 4.79 Å². The van der Waals surface area contributed by atoms with Crippen LogP contribution in [0.1, 0.15) is 17.0 Å². The van der Waals surface area contributed by atoms with Crippen molar-refractivity contribution in [2.45, 2.75) is 5.92 Å². The van der Waals surface area contributed by atoms with Crippen molar-refractivity contribution in [1.82, 2.24) is 15.0 Å². The number of aromatic nitrogens is 3. The topological polar surface area (TPSA) is 78.9 Å². The summed E-state index contributed by atoms with van der Waals surface area (Å²) in [5, 5.41) is 9.75. The summed E-state index contributed by atoms with van der Waals surface area (Å²) in [4.78, 5) is 23.9. The highest BCUT2D eigenvalue weighted by atomic mass is 35.5. The molecule has 0 saturated carbocycles. The number of hydrogen-bond donors (Lipinski definition) is 2. The molecule has 1 unspecified atom stereocenters. The number of carbonyl (C=O) groups is 1. The van der Waals surface area contributed by atoms with Gasteiger partial charge in [-0.25, -0.2) is 4.98 Å². The number of rotatable bonds is 2. The number of hydrogen-bond acceptors (Lipinski definition) is 3. The highest BCUT2D eigenvalue weighted by Gasteiger charge is 2.35. The SMILES string of the molecule is Cl.O=C(O)C1c2ccccc2-c2c(-c3nc4cnccc4[nH]3)cccc21. The second-order valence-corrected chi connectivity index (χ2v) is 6.11. The number of H-pyrrole nitrogens is 1. The Labute approximate surface area is 155 Å². The molecule has 5 nitrogen and oxygen atoms in total. The molecule has 2 aromatic heterocycles. The van der Waals surface area contributed by atoms with Gasteiger partial charge in [-0.05, 0) is 28.3 Å². The Morgan fingerprint density at radius 3 is 2.58 bits per heavy atom. The van der Waals surface area contributed by atoms with E-state index in [1.54, 1.807) is 12.4 Å². The molecule has 128 valence electrons. The second-order valence-electron chi connectivity index (χ2n) is 6.11. The molecule has 0 amide bonds. The van der Waals surface area contributed by atoms with Crippen molar-refractivity contribution in [3.8, 4) is 22.5 Å². The van der Waals surface area contributed by atoms with E-state index in [0.717, 1.165) is 44.7 Å². The van der Waals surface area contributed by atoms with Crippen LogP contribution in [0.2, 0.25) is 0 Å². The summed E-state index contributed by atoms with van der Waals surface area (Å²) >= 11 is 0. The average molecular weight is 364 g/mol. The standard InChI is InChI=1S/C20H13N3O2.ClH/c24-20(25)18-12-5-2-1-4-11(12)17-13(18)6-3-7-14(17)19-22-15-8-9-21-10-16(15)23-19;/h1-10,18H,(H,22,23)(H,24,25);1H. The summed E-state index contributed by atoms with van der Waals surface area (Å²) in [5.74, 6) is -0.755. The summed E-state index contributed by atoms with van der Waals surface area (Å²) in [6, 6.07) is 15.3. The van der Waals surface area contributed by atoms with Crippen LogP contribution in [0.3, 0.4) is 0 Å². The molecule has 0 spiro atoms. The maximum absolute atomic E-state index is 11.9. The zero-order chi connectivity index (χ0) is 17.0. The third-order valence-corrected chi connectivity index (χ3v) is 4.74. The first-order chi connectivity index (χ1) is 12.2. The summed E-state index contributed by atoms with van der Waals surface area (Å²) in [5.41, 5.74) is 6.14. The van der Waals surface area contributed by atoms with Gasteiger partial charge in [0.25, 0.3) is 0 Å². The number of aromatic amines is 1. The van der Waals surface area contributed by atoms with Crippen LogP contribution < -0.4 is 0 Å². The Balaban J connectivity index is 0.00000168. The van der Waals surface area contributed by atoms with Crippen molar-refractivity contribution in [3.63, 3.8) is 0 Å². The Morgan fingerprint density at radius 2 is 1.77 bits per heavy atom. The number of halogens is 1. The van der Waals surface area contributed by atoms with E-state index < -0.39 is 11.9 Å². The van der Waals surface area contributed by atoms with Crippen molar-refractivity contribution >= 4 is 29.4 Å². The normalized spacial score (nSPS) is 14.5. The predicted octanol–water partition coefficient (Wildman–Crippen LogP) is 4.24. The molecule has 0 radical (unpaired) electrons. The first-order valence-corrected chi connectivity index (χ1v) is 7.99. The van der Waals surface area contributed by atoms with Crippen LogP contribution in [0.5, 0.6) is 0 Å². The van der Waals surface area contributed by atoms with Crippen molar-refractivity contribution in [2.24, 2.45) is 0 Å². The number of carboxylic acids is 1. The van der Waals surface area contributed by atoms with E-state index >= 15 is 0 Å². The molecule has 1 aliphatic rings. The Hall–Kier alpha value is -3.18. The molecule has 0 fully saturated rings. The summed E-state index contributed by atoms with van der Waals surface area (Å²) in [7, 11) is 0. The zero-order valence-corrected chi connectivity index (χ0v) is 14.3. The quantitative estimate of drug-likeness (QED) is 0.558. The van der Waals surface area contributed by atoms with Gasteiger partial charge >= 0.3 is 5.97 Å². The number of benzene rings is 2. The summed E-state index contributed by atoms with van der Waals surface area (Å²) in [6.45, 7) is 0. The number of fused-ring (bicyclic) bond motifs is 4. The molecule has 2 N–H and O–H groups in total. The smallest absolute Gasteiger partial charge is 0.315 e. The molecule has 2 aromatic carbocycles. The number of aliphatic carboxylic acids is 1. The van der Waals surface area contributed by atoms with E-state index in [1.165, 1.54) is 0 Å². The van der Waals surface area contributed by atoms with Crippen LogP contribution in [0.25, 0.3) is 33.5 Å². The minimum atomic E-state index is -0.836. The van der Waals surface area contributed by atoms with Gasteiger partial charge in [-0.2, -0.15) is 0 Å². The lowest BCUT2D eigenvalue weighted by Gasteiger charge is -2.09. The third kappa shape index (κ3) is 2.21. The largest absolute Gasteiger partial charge is 0.481 e. The van der Waals surface area contributed by atoms with E-state index in [4.69, 9.17) is 0 Å². The van der Waals surface area contributed by atoms with E-state index in [-0.39, 0.29) is 12.4 Å². The van der Waals surface area contributed by atoms with E-state index in [9.17, 15) is 9.90 Å². The highest BCUT2D eigenvalue weighted by Crippen LogP contribution is 2.48. The number of nitrogens with zero attached hydrogens (tertiary/aromatic N) is 2. The molecular weight excluding hydrogens is 350 g/mol. The Kier molecular flexibility index (Phi) is 3.74. The van der Waals surface area contributed by atoms with Crippen LogP contribution in [0.4, 0.5) is 0 Å². The van der Waals surface area contributed by atoms with Crippen LogP contribution in [-0.4, -0.2) is 26.0 Å². The average Bonchev–Trinajstić information content (AvgIpc) is 3.20. The van der Waals surface area contributed by atoms with Gasteiger partial charge in [0.2, 0.25) is 0 Å². The molecule has 0 aliphatic heterocycles. The minimum absolute atomic E-state index is 0. The van der Waals surface area contributed by atoms with Crippen molar-refractivity contribution in [1.29, 1.82) is 0 Å². The zero-order valence-electron chi connectivity index (χ0n) is 13.5. The van der Waals surface area contributed by atoms with Crippen molar-refractivity contribution in [3.05, 3.63) is 72.1 Å². The molecular formula is C20H14ClN3O2. The maximum atomic E-state index is 11.9. The molecule has 1 aliphatic carbocycles. The molecule has 5 rings (SSSR count). The Morgan fingerprint density at radius 1 is 1.00 bits per heavy atom. The van der Waals surface area contributed by atoms with Crippen LogP contribution >= 0.6 is 12.4 Å². The third-order valence-electron chi connectivity index (χ3n) is 4.74. The fraction of sp³-hybridized carbons (Fsp3) is 0.0500. The molecule has 2 heterocycles. The predicted molar refractivity (Wildman–Crippen MR) is 101 cm³/mol. The van der Waals surface area contributed by atoms with Gasteiger partial charge in [-0.1, -0.05) is 42.5 Å². The second kappa shape index (κ2) is 5.97. The molecule has 1 atom stereocenters. The molecule has 4 aromatic rings. The van der Waals surface area contributed by atoms with Crippen LogP contribution in [0.15, 0.2) is 60.9 Å². The van der Waals surface area contributed by atoms with E-state index in [0.29, 0.717) is 0 Å². The first kappa shape index (κ1) is 16.3. The van der Waals surface area contributed by atoms with Crippen molar-refractivity contribution in [2.75, 3.05) is 0 Å². The van der Waals surface area contributed by atoms with Gasteiger partial charge in [0.15, 0.2) is 0 Å². The lowest BCUT2D eigenvalue weighted by molar-refractivity contribution is -0.137. The minimum Gasteiger partial charge on any atom is -0.481 e. The summed E-state index contributed by atoms with van der Waals surface area (Å²) < 4.78 is 0. The van der Waals surface area contributed by atoms with Gasteiger partial charge in [0.05, 0.1) is 11.7 Å². The van der Waals surface area contributed by atoms with Gasteiger partial charge in [0, 0.05) is 11.8 Å². The highest BCUT2D eigenvalue weighted by molar-refractivity contribution is 5.98. The fourth-order valence-corrected chi connectivity index (χ4v) is 3.70. The summed E-state index contributed by atoms with van der Waals surface area (Å²) in [6.07, 6.45) is 3.43. The first-order valence-electron chi connectivity index (χ1n) is 7.99. The number of imidazole rings is 1. The maximum Gasteiger partial charge on any atom is 0.315 e.